The summed E-state index contributed by atoms with van der Waals surface area (Å²) >= 11 is 0. The maximum Gasteiger partial charge on any atom is 0.223 e. The molecule has 0 aromatic heterocycles. The van der Waals surface area contributed by atoms with E-state index in [1.165, 1.54) is 17.5 Å². The summed E-state index contributed by atoms with van der Waals surface area (Å²) in [6.07, 6.45) is 3.31. The number of nitrogens with one attached hydrogen (secondary N) is 1. The first-order valence-corrected chi connectivity index (χ1v) is 7.97. The minimum absolute atomic E-state index is 0.224. The molecule has 1 N–H and O–H groups in total. The Labute approximate surface area is 126 Å². The van der Waals surface area contributed by atoms with E-state index in [4.69, 9.17) is 4.74 Å². The molecular weight excluding hydrogens is 264 g/mol. The van der Waals surface area contributed by atoms with Gasteiger partial charge in [-0.15, -0.1) is 0 Å². The summed E-state index contributed by atoms with van der Waals surface area (Å²) in [6, 6.07) is 8.41. The fraction of sp³-hybridized carbons (Fsp3) is 0.588. The van der Waals surface area contributed by atoms with Crippen molar-refractivity contribution in [1.29, 1.82) is 0 Å². The Balaban J connectivity index is 1.57. The molecule has 2 fully saturated rings. The summed E-state index contributed by atoms with van der Waals surface area (Å²) in [5.74, 6) is 0.485. The summed E-state index contributed by atoms with van der Waals surface area (Å²) in [5.41, 5.74) is 2.55. The Bertz CT molecular complexity index is 479. The highest BCUT2D eigenvalue weighted by atomic mass is 16.5. The number of benzene rings is 1. The zero-order valence-electron chi connectivity index (χ0n) is 12.5. The molecule has 4 nitrogen and oxygen atoms in total. The molecule has 1 aromatic rings. The molecule has 1 aliphatic heterocycles. The number of ether oxygens (including phenoxy) is 1. The number of amides is 1. The Kier molecular flexibility index (Phi) is 4.88. The molecule has 1 aliphatic carbocycles. The molecule has 1 saturated heterocycles. The molecule has 0 radical (unpaired) electrons. The normalized spacial score (nSPS) is 20.0. The van der Waals surface area contributed by atoms with Crippen LogP contribution in [0.3, 0.4) is 0 Å². The summed E-state index contributed by atoms with van der Waals surface area (Å²) in [6.45, 7) is 5.21. The first-order chi connectivity index (χ1) is 10.3. The van der Waals surface area contributed by atoms with Gasteiger partial charge in [0.05, 0.1) is 13.2 Å². The van der Waals surface area contributed by atoms with Crippen molar-refractivity contribution in [2.24, 2.45) is 5.92 Å². The van der Waals surface area contributed by atoms with E-state index in [9.17, 15) is 4.79 Å². The number of carbonyl (C=O) groups is 1. The number of carbonyl (C=O) groups excluding carboxylic acids is 1. The second-order valence-corrected chi connectivity index (χ2v) is 6.00. The lowest BCUT2D eigenvalue weighted by molar-refractivity contribution is -0.127. The zero-order valence-corrected chi connectivity index (χ0v) is 12.5. The van der Waals surface area contributed by atoms with E-state index in [-0.39, 0.29) is 11.8 Å². The molecule has 114 valence electrons. The SMILES string of the molecule is O=C(NCc1ccccc1CN1CCOCC1)C1CCC1. The van der Waals surface area contributed by atoms with Gasteiger partial charge < -0.3 is 10.1 Å². The lowest BCUT2D eigenvalue weighted by Crippen LogP contribution is -2.36. The average molecular weight is 288 g/mol. The van der Waals surface area contributed by atoms with Crippen molar-refractivity contribution in [3.05, 3.63) is 35.4 Å². The van der Waals surface area contributed by atoms with Crippen molar-refractivity contribution in [2.45, 2.75) is 32.4 Å². The highest BCUT2D eigenvalue weighted by Gasteiger charge is 2.24. The summed E-state index contributed by atoms with van der Waals surface area (Å²) in [7, 11) is 0. The standard InChI is InChI=1S/C17H24N2O2/c20-17(14-6-3-7-14)18-12-15-4-1-2-5-16(15)13-19-8-10-21-11-9-19/h1-2,4-5,14H,3,6-13H2,(H,18,20). The van der Waals surface area contributed by atoms with Gasteiger partial charge in [-0.05, 0) is 24.0 Å². The Hall–Kier alpha value is -1.39. The number of morpholine rings is 1. The van der Waals surface area contributed by atoms with Gasteiger partial charge in [0.1, 0.15) is 0 Å². The van der Waals surface area contributed by atoms with Gasteiger partial charge in [-0.25, -0.2) is 0 Å². The van der Waals surface area contributed by atoms with Crippen LogP contribution in [0.5, 0.6) is 0 Å². The minimum Gasteiger partial charge on any atom is -0.379 e. The molecule has 4 heteroatoms. The molecule has 1 aromatic carbocycles. The quantitative estimate of drug-likeness (QED) is 0.900. The van der Waals surface area contributed by atoms with E-state index in [0.29, 0.717) is 6.54 Å². The van der Waals surface area contributed by atoms with Gasteiger partial charge in [-0.3, -0.25) is 9.69 Å². The predicted molar refractivity (Wildman–Crippen MR) is 81.7 cm³/mol. The van der Waals surface area contributed by atoms with Crippen LogP contribution in [0.15, 0.2) is 24.3 Å². The molecule has 21 heavy (non-hydrogen) atoms. The Morgan fingerprint density at radius 3 is 2.57 bits per heavy atom. The van der Waals surface area contributed by atoms with Crippen molar-refractivity contribution >= 4 is 5.91 Å². The van der Waals surface area contributed by atoms with E-state index in [1.54, 1.807) is 0 Å². The van der Waals surface area contributed by atoms with Crippen molar-refractivity contribution in [2.75, 3.05) is 26.3 Å². The lowest BCUT2D eigenvalue weighted by atomic mass is 9.85. The predicted octanol–water partition coefficient (Wildman–Crippen LogP) is 1.94. The Morgan fingerprint density at radius 2 is 1.90 bits per heavy atom. The first-order valence-electron chi connectivity index (χ1n) is 7.97. The molecule has 3 rings (SSSR count). The Morgan fingerprint density at radius 1 is 1.19 bits per heavy atom. The molecule has 1 heterocycles. The van der Waals surface area contributed by atoms with Crippen molar-refractivity contribution in [3.8, 4) is 0 Å². The van der Waals surface area contributed by atoms with E-state index < -0.39 is 0 Å². The number of hydrogen-bond acceptors (Lipinski definition) is 3. The van der Waals surface area contributed by atoms with Crippen LogP contribution in [0.2, 0.25) is 0 Å². The molecule has 0 unspecified atom stereocenters. The summed E-state index contributed by atoms with van der Waals surface area (Å²) in [4.78, 5) is 14.4. The third kappa shape index (κ3) is 3.83. The highest BCUT2D eigenvalue weighted by molar-refractivity contribution is 5.79. The van der Waals surface area contributed by atoms with E-state index >= 15 is 0 Å². The van der Waals surface area contributed by atoms with Crippen LogP contribution >= 0.6 is 0 Å². The number of rotatable bonds is 5. The van der Waals surface area contributed by atoms with Crippen LogP contribution in [-0.2, 0) is 22.6 Å². The molecule has 1 amide bonds. The van der Waals surface area contributed by atoms with Gasteiger partial charge in [0.2, 0.25) is 5.91 Å². The van der Waals surface area contributed by atoms with Crippen LogP contribution in [0.1, 0.15) is 30.4 Å². The summed E-state index contributed by atoms with van der Waals surface area (Å²) < 4.78 is 5.39. The highest BCUT2D eigenvalue weighted by Crippen LogP contribution is 2.26. The van der Waals surface area contributed by atoms with E-state index in [2.05, 4.69) is 28.4 Å². The number of nitrogens with zero attached hydrogens (tertiary/aromatic N) is 1. The van der Waals surface area contributed by atoms with E-state index in [0.717, 1.165) is 45.7 Å². The molecule has 0 bridgehead atoms. The maximum absolute atomic E-state index is 12.0. The fourth-order valence-corrected chi connectivity index (χ4v) is 2.88. The van der Waals surface area contributed by atoms with Crippen LogP contribution in [0.4, 0.5) is 0 Å². The van der Waals surface area contributed by atoms with Crippen molar-refractivity contribution < 1.29 is 9.53 Å². The van der Waals surface area contributed by atoms with E-state index in [1.807, 2.05) is 6.07 Å². The maximum atomic E-state index is 12.0. The fourth-order valence-electron chi connectivity index (χ4n) is 2.88. The topological polar surface area (TPSA) is 41.6 Å². The average Bonchev–Trinajstić information content (AvgIpc) is 2.46. The minimum atomic E-state index is 0.224. The first kappa shape index (κ1) is 14.5. The summed E-state index contributed by atoms with van der Waals surface area (Å²) in [5, 5.41) is 3.10. The second kappa shape index (κ2) is 7.05. The largest absolute Gasteiger partial charge is 0.379 e. The monoisotopic (exact) mass is 288 g/mol. The van der Waals surface area contributed by atoms with Crippen molar-refractivity contribution in [3.63, 3.8) is 0 Å². The zero-order chi connectivity index (χ0) is 14.5. The van der Waals surface area contributed by atoms with Gasteiger partial charge in [-0.2, -0.15) is 0 Å². The van der Waals surface area contributed by atoms with Crippen LogP contribution in [0.25, 0.3) is 0 Å². The molecular formula is C17H24N2O2. The van der Waals surface area contributed by atoms with Crippen molar-refractivity contribution in [1.82, 2.24) is 10.2 Å². The second-order valence-electron chi connectivity index (χ2n) is 6.00. The third-order valence-electron chi connectivity index (χ3n) is 4.55. The molecule has 0 spiro atoms. The van der Waals surface area contributed by atoms with Crippen LogP contribution in [-0.4, -0.2) is 37.1 Å². The third-order valence-corrected chi connectivity index (χ3v) is 4.55. The lowest BCUT2D eigenvalue weighted by Gasteiger charge is -2.28. The molecule has 0 atom stereocenters. The van der Waals surface area contributed by atoms with Gasteiger partial charge >= 0.3 is 0 Å². The molecule has 2 aliphatic rings. The van der Waals surface area contributed by atoms with Gasteiger partial charge in [0.15, 0.2) is 0 Å². The van der Waals surface area contributed by atoms with Crippen LogP contribution in [0, 0.1) is 5.92 Å². The molecule has 1 saturated carbocycles. The van der Waals surface area contributed by atoms with Crippen LogP contribution < -0.4 is 5.32 Å². The van der Waals surface area contributed by atoms with Gasteiger partial charge in [0.25, 0.3) is 0 Å². The number of hydrogen-bond donors (Lipinski definition) is 1. The van der Waals surface area contributed by atoms with Gasteiger partial charge in [-0.1, -0.05) is 30.7 Å². The smallest absolute Gasteiger partial charge is 0.223 e. The van der Waals surface area contributed by atoms with Gasteiger partial charge in [0, 0.05) is 32.1 Å².